The monoisotopic (exact) mass is 201 g/mol. The maximum Gasteiger partial charge on any atom is 0.306 e. The lowest BCUT2D eigenvalue weighted by molar-refractivity contribution is -0.141. The van der Waals surface area contributed by atoms with Crippen LogP contribution < -0.4 is 0 Å². The summed E-state index contributed by atoms with van der Waals surface area (Å²) in [5.74, 6) is -0.174. The van der Waals surface area contributed by atoms with E-state index in [1.807, 2.05) is 0 Å². The van der Waals surface area contributed by atoms with Crippen LogP contribution in [-0.2, 0) is 9.53 Å². The zero-order valence-corrected chi connectivity index (χ0v) is 8.74. The first-order valence-electron chi connectivity index (χ1n) is 5.19. The minimum absolute atomic E-state index is 0.174. The Morgan fingerprint density at radius 1 is 1.57 bits per heavy atom. The second-order valence-corrected chi connectivity index (χ2v) is 3.69. The molecule has 1 aliphatic rings. The predicted octanol–water partition coefficient (Wildman–Crippen LogP) is 0.396. The molecule has 0 aliphatic carbocycles. The number of piperidine rings is 1. The topological polar surface area (TPSA) is 49.8 Å². The Balaban J connectivity index is 2.29. The summed E-state index contributed by atoms with van der Waals surface area (Å²) in [6.07, 6.45) is 3.81. The molecule has 1 rings (SSSR count). The van der Waals surface area contributed by atoms with E-state index in [4.69, 9.17) is 5.11 Å². The maximum atomic E-state index is 10.9. The number of hydrogen-bond acceptors (Lipinski definition) is 4. The lowest BCUT2D eigenvalue weighted by Crippen LogP contribution is -2.42. The molecule has 1 fully saturated rings. The fourth-order valence-corrected chi connectivity index (χ4v) is 1.90. The molecule has 4 heteroatoms. The van der Waals surface area contributed by atoms with Crippen LogP contribution >= 0.6 is 0 Å². The van der Waals surface area contributed by atoms with Crippen LogP contribution in [0.15, 0.2) is 0 Å². The van der Waals surface area contributed by atoms with Crippen molar-refractivity contribution in [3.05, 3.63) is 0 Å². The molecule has 0 amide bonds. The fraction of sp³-hybridized carbons (Fsp3) is 0.900. The van der Waals surface area contributed by atoms with Gasteiger partial charge in [0.15, 0.2) is 0 Å². The highest BCUT2D eigenvalue weighted by Gasteiger charge is 2.21. The van der Waals surface area contributed by atoms with Crippen molar-refractivity contribution in [2.24, 2.45) is 0 Å². The molecule has 1 N–H and O–H groups in total. The Kier molecular flexibility index (Phi) is 4.90. The predicted molar refractivity (Wildman–Crippen MR) is 52.9 cm³/mol. The van der Waals surface area contributed by atoms with Gasteiger partial charge in [0, 0.05) is 12.6 Å². The lowest BCUT2D eigenvalue weighted by Gasteiger charge is -2.34. The van der Waals surface area contributed by atoms with Gasteiger partial charge in [0.1, 0.15) is 0 Å². The summed E-state index contributed by atoms with van der Waals surface area (Å²) in [6, 6.07) is 0.244. The summed E-state index contributed by atoms with van der Waals surface area (Å²) < 4.78 is 4.58. The van der Waals surface area contributed by atoms with Gasteiger partial charge in [-0.2, -0.15) is 0 Å². The molecule has 4 nitrogen and oxygen atoms in total. The van der Waals surface area contributed by atoms with Gasteiger partial charge in [0.05, 0.1) is 20.1 Å². The van der Waals surface area contributed by atoms with Crippen LogP contribution in [0.4, 0.5) is 0 Å². The number of esters is 1. The molecular weight excluding hydrogens is 182 g/mol. The third kappa shape index (κ3) is 3.27. The van der Waals surface area contributed by atoms with Gasteiger partial charge in [-0.1, -0.05) is 6.42 Å². The second-order valence-electron chi connectivity index (χ2n) is 3.69. The first kappa shape index (κ1) is 11.5. The maximum absolute atomic E-state index is 10.9. The molecule has 0 aromatic rings. The van der Waals surface area contributed by atoms with Crippen molar-refractivity contribution in [1.29, 1.82) is 0 Å². The van der Waals surface area contributed by atoms with E-state index in [1.165, 1.54) is 13.5 Å². The summed E-state index contributed by atoms with van der Waals surface area (Å²) in [5.41, 5.74) is 0. The Bertz CT molecular complexity index is 184. The Hall–Kier alpha value is -0.610. The van der Waals surface area contributed by atoms with Gasteiger partial charge in [0.2, 0.25) is 0 Å². The number of rotatable bonds is 4. The average molecular weight is 201 g/mol. The quantitative estimate of drug-likeness (QED) is 0.669. The average Bonchev–Trinajstić information content (AvgIpc) is 2.26. The van der Waals surface area contributed by atoms with E-state index in [-0.39, 0.29) is 18.6 Å². The largest absolute Gasteiger partial charge is 0.469 e. The van der Waals surface area contributed by atoms with Crippen molar-refractivity contribution >= 4 is 5.97 Å². The molecule has 0 saturated carbocycles. The number of aliphatic hydroxyl groups is 1. The molecule has 1 heterocycles. The van der Waals surface area contributed by atoms with E-state index in [2.05, 4.69) is 9.64 Å². The number of ether oxygens (including phenoxy) is 1. The Labute approximate surface area is 84.8 Å². The summed E-state index contributed by atoms with van der Waals surface area (Å²) in [7, 11) is 1.40. The van der Waals surface area contributed by atoms with E-state index in [1.54, 1.807) is 0 Å². The summed E-state index contributed by atoms with van der Waals surface area (Å²) in [4.78, 5) is 13.1. The van der Waals surface area contributed by atoms with Gasteiger partial charge < -0.3 is 9.84 Å². The van der Waals surface area contributed by atoms with Crippen LogP contribution in [0, 0.1) is 0 Å². The highest BCUT2D eigenvalue weighted by molar-refractivity contribution is 5.69. The molecule has 1 saturated heterocycles. The molecule has 1 aliphatic heterocycles. The van der Waals surface area contributed by atoms with Crippen molar-refractivity contribution in [3.8, 4) is 0 Å². The molecule has 14 heavy (non-hydrogen) atoms. The van der Waals surface area contributed by atoms with E-state index in [0.29, 0.717) is 13.0 Å². The second kappa shape index (κ2) is 5.98. The van der Waals surface area contributed by atoms with Gasteiger partial charge in [-0.15, -0.1) is 0 Å². The SMILES string of the molecule is COC(=O)CCN1CCCCC1CO. The minimum Gasteiger partial charge on any atom is -0.469 e. The van der Waals surface area contributed by atoms with Crippen LogP contribution in [0.3, 0.4) is 0 Å². The number of nitrogens with zero attached hydrogens (tertiary/aromatic N) is 1. The molecule has 82 valence electrons. The minimum atomic E-state index is -0.174. The van der Waals surface area contributed by atoms with Crippen molar-refractivity contribution in [2.45, 2.75) is 31.7 Å². The number of hydrogen-bond donors (Lipinski definition) is 1. The van der Waals surface area contributed by atoms with Crippen molar-refractivity contribution in [1.82, 2.24) is 4.90 Å². The molecule has 1 atom stereocenters. The number of likely N-dealkylation sites (tertiary alicyclic amines) is 1. The summed E-state index contributed by atoms with van der Waals surface area (Å²) in [5, 5.41) is 9.13. The van der Waals surface area contributed by atoms with Crippen LogP contribution in [0.1, 0.15) is 25.7 Å². The van der Waals surface area contributed by atoms with Crippen LogP contribution in [-0.4, -0.2) is 48.8 Å². The van der Waals surface area contributed by atoms with E-state index < -0.39 is 0 Å². The van der Waals surface area contributed by atoms with Gasteiger partial charge in [-0.25, -0.2) is 0 Å². The lowest BCUT2D eigenvalue weighted by atomic mass is 10.0. The fourth-order valence-electron chi connectivity index (χ4n) is 1.90. The van der Waals surface area contributed by atoms with Gasteiger partial charge >= 0.3 is 5.97 Å². The molecule has 0 radical (unpaired) electrons. The van der Waals surface area contributed by atoms with Crippen LogP contribution in [0.2, 0.25) is 0 Å². The van der Waals surface area contributed by atoms with Gasteiger partial charge in [-0.05, 0) is 19.4 Å². The van der Waals surface area contributed by atoms with Crippen molar-refractivity contribution < 1.29 is 14.6 Å². The first-order chi connectivity index (χ1) is 6.77. The van der Waals surface area contributed by atoms with Crippen LogP contribution in [0.25, 0.3) is 0 Å². The summed E-state index contributed by atoms with van der Waals surface area (Å²) in [6.45, 7) is 1.89. The molecular formula is C10H19NO3. The van der Waals surface area contributed by atoms with Crippen LogP contribution in [0.5, 0.6) is 0 Å². The standard InChI is InChI=1S/C10H19NO3/c1-14-10(13)5-7-11-6-3-2-4-9(11)8-12/h9,12H,2-8H2,1H3. The van der Waals surface area contributed by atoms with E-state index in [0.717, 1.165) is 19.4 Å². The highest BCUT2D eigenvalue weighted by atomic mass is 16.5. The third-order valence-electron chi connectivity index (χ3n) is 2.79. The first-order valence-corrected chi connectivity index (χ1v) is 5.19. The number of aliphatic hydroxyl groups excluding tert-OH is 1. The van der Waals surface area contributed by atoms with E-state index >= 15 is 0 Å². The number of carbonyl (C=O) groups excluding carboxylic acids is 1. The molecule has 0 aromatic carbocycles. The number of carbonyl (C=O) groups is 1. The molecule has 0 aromatic heterocycles. The summed E-state index contributed by atoms with van der Waals surface area (Å²) >= 11 is 0. The van der Waals surface area contributed by atoms with E-state index in [9.17, 15) is 4.79 Å². The Morgan fingerprint density at radius 2 is 2.36 bits per heavy atom. The zero-order chi connectivity index (χ0) is 10.4. The van der Waals surface area contributed by atoms with Gasteiger partial charge in [-0.3, -0.25) is 9.69 Å². The van der Waals surface area contributed by atoms with Crippen molar-refractivity contribution in [3.63, 3.8) is 0 Å². The van der Waals surface area contributed by atoms with Crippen molar-refractivity contribution in [2.75, 3.05) is 26.8 Å². The van der Waals surface area contributed by atoms with Gasteiger partial charge in [0.25, 0.3) is 0 Å². The molecule has 0 spiro atoms. The molecule has 1 unspecified atom stereocenters. The zero-order valence-electron chi connectivity index (χ0n) is 8.74. The normalized spacial score (nSPS) is 23.4. The smallest absolute Gasteiger partial charge is 0.306 e. The number of methoxy groups -OCH3 is 1. The highest BCUT2D eigenvalue weighted by Crippen LogP contribution is 2.16. The molecule has 0 bridgehead atoms. The Morgan fingerprint density at radius 3 is 3.00 bits per heavy atom. The third-order valence-corrected chi connectivity index (χ3v) is 2.79.